The Morgan fingerprint density at radius 1 is 1.09 bits per heavy atom. The van der Waals surface area contributed by atoms with Crippen molar-refractivity contribution in [2.75, 3.05) is 0 Å². The zero-order valence-corrected chi connectivity index (χ0v) is 14.6. The third-order valence-electron chi connectivity index (χ3n) is 8.41. The number of Topliss-reactive ketones (excluding diaryl/α,β-unsaturated/α-hetero) is 1. The third kappa shape index (κ3) is 1.80. The highest BCUT2D eigenvalue weighted by atomic mass is 35.5. The van der Waals surface area contributed by atoms with Gasteiger partial charge in [-0.3, -0.25) is 4.79 Å². The molecule has 0 spiro atoms. The average Bonchev–Trinajstić information content (AvgIpc) is 2.72. The molecule has 0 radical (unpaired) electrons. The van der Waals surface area contributed by atoms with Crippen LogP contribution in [0.25, 0.3) is 0 Å². The van der Waals surface area contributed by atoms with E-state index in [-0.39, 0.29) is 22.3 Å². The molecule has 1 unspecified atom stereocenters. The quantitative estimate of drug-likeness (QED) is 0.679. The second-order valence-electron chi connectivity index (χ2n) is 8.99. The van der Waals surface area contributed by atoms with E-state index in [9.17, 15) is 9.90 Å². The summed E-state index contributed by atoms with van der Waals surface area (Å²) in [5, 5.41) is 10.6. The first-order valence-electron chi connectivity index (χ1n) is 9.25. The standard InChI is InChI=1S/C19H29ClO2/c1-18-9-8-13-12(14(18)10-15(20)17(18)22)7-6-11-4-3-5-16(21)19(11,13)2/h11-16,21H,3-10H2,1-2H3/t11-,12-,13+,14+,15-,16?,18+,19+/m1/s1. The predicted molar refractivity (Wildman–Crippen MR) is 87.8 cm³/mol. The van der Waals surface area contributed by atoms with E-state index in [1.54, 1.807) is 0 Å². The Kier molecular flexibility index (Phi) is 3.48. The van der Waals surface area contributed by atoms with Crippen molar-refractivity contribution < 1.29 is 9.90 Å². The molecule has 0 amide bonds. The van der Waals surface area contributed by atoms with Crippen LogP contribution >= 0.6 is 11.6 Å². The molecular formula is C19H29ClO2. The molecule has 4 fully saturated rings. The fourth-order valence-electron chi connectivity index (χ4n) is 7.06. The van der Waals surface area contributed by atoms with Gasteiger partial charge in [-0.25, -0.2) is 0 Å². The molecule has 0 bridgehead atoms. The van der Waals surface area contributed by atoms with Crippen LogP contribution in [0, 0.1) is 34.5 Å². The second-order valence-corrected chi connectivity index (χ2v) is 9.51. The van der Waals surface area contributed by atoms with Crippen molar-refractivity contribution in [3.8, 4) is 0 Å². The summed E-state index contributed by atoms with van der Waals surface area (Å²) in [4.78, 5) is 12.6. The molecule has 4 aliphatic carbocycles. The van der Waals surface area contributed by atoms with Gasteiger partial charge in [0.25, 0.3) is 0 Å². The summed E-state index contributed by atoms with van der Waals surface area (Å²) in [6.45, 7) is 4.53. The average molecular weight is 325 g/mol. The molecule has 0 aromatic heterocycles. The van der Waals surface area contributed by atoms with Crippen LogP contribution < -0.4 is 0 Å². The zero-order chi connectivity index (χ0) is 15.7. The Labute approximate surface area is 139 Å². The van der Waals surface area contributed by atoms with Crippen LogP contribution in [-0.4, -0.2) is 22.4 Å². The van der Waals surface area contributed by atoms with Gasteiger partial charge in [0, 0.05) is 5.41 Å². The molecule has 4 rings (SSSR count). The summed E-state index contributed by atoms with van der Waals surface area (Å²) in [7, 11) is 0. The first-order valence-corrected chi connectivity index (χ1v) is 9.69. The van der Waals surface area contributed by atoms with E-state index in [0.29, 0.717) is 29.5 Å². The zero-order valence-electron chi connectivity index (χ0n) is 13.9. The first kappa shape index (κ1) is 15.4. The van der Waals surface area contributed by atoms with Crippen LogP contribution in [0.1, 0.15) is 65.2 Å². The predicted octanol–water partition coefficient (Wildman–Crippen LogP) is 4.18. The SMILES string of the molecule is C[C@]12C(O)CCC[C@@H]1CC[C@@H]1[C@@H]2CC[C@]2(C)C(=O)[C@H](Cl)C[C@@H]12. The number of hydrogen-bond donors (Lipinski definition) is 1. The fraction of sp³-hybridized carbons (Fsp3) is 0.947. The van der Waals surface area contributed by atoms with E-state index >= 15 is 0 Å². The van der Waals surface area contributed by atoms with Gasteiger partial charge in [-0.2, -0.15) is 0 Å². The monoisotopic (exact) mass is 324 g/mol. The molecular weight excluding hydrogens is 296 g/mol. The van der Waals surface area contributed by atoms with E-state index in [1.807, 2.05) is 0 Å². The minimum atomic E-state index is -0.268. The summed E-state index contributed by atoms with van der Waals surface area (Å²) in [6, 6.07) is 0. The second kappa shape index (κ2) is 4.96. The van der Waals surface area contributed by atoms with Crippen LogP contribution in [0.15, 0.2) is 0 Å². The maximum Gasteiger partial charge on any atom is 0.156 e. The molecule has 0 aromatic rings. The Morgan fingerprint density at radius 2 is 1.86 bits per heavy atom. The molecule has 2 nitrogen and oxygen atoms in total. The lowest BCUT2D eigenvalue weighted by Gasteiger charge is -2.60. The molecule has 4 aliphatic rings. The number of aliphatic hydroxyl groups is 1. The highest BCUT2D eigenvalue weighted by molar-refractivity contribution is 6.32. The van der Waals surface area contributed by atoms with Gasteiger partial charge in [-0.1, -0.05) is 20.3 Å². The van der Waals surface area contributed by atoms with E-state index in [2.05, 4.69) is 13.8 Å². The van der Waals surface area contributed by atoms with Crippen molar-refractivity contribution in [2.24, 2.45) is 34.5 Å². The third-order valence-corrected chi connectivity index (χ3v) is 8.79. The van der Waals surface area contributed by atoms with Crippen LogP contribution in [0.4, 0.5) is 0 Å². The Morgan fingerprint density at radius 3 is 2.64 bits per heavy atom. The van der Waals surface area contributed by atoms with E-state index in [4.69, 9.17) is 11.6 Å². The van der Waals surface area contributed by atoms with Gasteiger partial charge in [-0.05, 0) is 74.0 Å². The molecule has 1 N–H and O–H groups in total. The van der Waals surface area contributed by atoms with Crippen molar-refractivity contribution in [3.05, 3.63) is 0 Å². The van der Waals surface area contributed by atoms with Crippen LogP contribution in [-0.2, 0) is 4.79 Å². The molecule has 3 heteroatoms. The van der Waals surface area contributed by atoms with Gasteiger partial charge in [0.2, 0.25) is 0 Å². The van der Waals surface area contributed by atoms with Crippen molar-refractivity contribution in [1.82, 2.24) is 0 Å². The number of carbonyl (C=O) groups excluding carboxylic acids is 1. The van der Waals surface area contributed by atoms with Crippen molar-refractivity contribution in [1.29, 1.82) is 0 Å². The number of carbonyl (C=O) groups is 1. The van der Waals surface area contributed by atoms with E-state index in [0.717, 1.165) is 25.7 Å². The summed E-state index contributed by atoms with van der Waals surface area (Å²) in [6.07, 6.45) is 8.74. The van der Waals surface area contributed by atoms with Crippen molar-refractivity contribution >= 4 is 17.4 Å². The summed E-state index contributed by atoms with van der Waals surface area (Å²) in [5.74, 6) is 2.63. The van der Waals surface area contributed by atoms with E-state index in [1.165, 1.54) is 25.7 Å². The van der Waals surface area contributed by atoms with Gasteiger partial charge in [0.15, 0.2) is 5.78 Å². The molecule has 124 valence electrons. The van der Waals surface area contributed by atoms with Gasteiger partial charge in [0.05, 0.1) is 11.5 Å². The molecule has 0 aliphatic heterocycles. The highest BCUT2D eigenvalue weighted by Gasteiger charge is 2.63. The summed E-state index contributed by atoms with van der Waals surface area (Å²) >= 11 is 6.36. The lowest BCUT2D eigenvalue weighted by Crippen LogP contribution is -2.57. The summed E-state index contributed by atoms with van der Waals surface area (Å²) < 4.78 is 0. The molecule has 8 atom stereocenters. The lowest BCUT2D eigenvalue weighted by molar-refractivity contribution is -0.163. The molecule has 0 heterocycles. The van der Waals surface area contributed by atoms with Crippen LogP contribution in [0.3, 0.4) is 0 Å². The summed E-state index contributed by atoms with van der Waals surface area (Å²) in [5.41, 5.74) is -0.105. The van der Waals surface area contributed by atoms with Crippen molar-refractivity contribution in [3.63, 3.8) is 0 Å². The molecule has 22 heavy (non-hydrogen) atoms. The van der Waals surface area contributed by atoms with Gasteiger partial charge in [0.1, 0.15) is 0 Å². The number of halogens is 1. The van der Waals surface area contributed by atoms with Crippen molar-refractivity contribution in [2.45, 2.75) is 76.7 Å². The maximum atomic E-state index is 12.6. The Hall–Kier alpha value is -0.0800. The van der Waals surface area contributed by atoms with Gasteiger partial charge in [-0.15, -0.1) is 11.6 Å². The number of rotatable bonds is 0. The van der Waals surface area contributed by atoms with Gasteiger partial charge >= 0.3 is 0 Å². The maximum absolute atomic E-state index is 12.6. The highest BCUT2D eigenvalue weighted by Crippen LogP contribution is 2.65. The normalized spacial score (nSPS) is 57.9. The minimum absolute atomic E-state index is 0.0793. The first-order chi connectivity index (χ1) is 10.4. The van der Waals surface area contributed by atoms with Gasteiger partial charge < -0.3 is 5.11 Å². The number of aliphatic hydroxyl groups excluding tert-OH is 1. The fourth-order valence-corrected chi connectivity index (χ4v) is 7.50. The van der Waals surface area contributed by atoms with Crippen LogP contribution in [0.2, 0.25) is 0 Å². The smallest absolute Gasteiger partial charge is 0.156 e. The van der Waals surface area contributed by atoms with Crippen LogP contribution in [0.5, 0.6) is 0 Å². The lowest BCUT2D eigenvalue weighted by atomic mass is 9.44. The molecule has 0 saturated heterocycles. The molecule has 4 saturated carbocycles. The Balaban J connectivity index is 1.69. The topological polar surface area (TPSA) is 37.3 Å². The van der Waals surface area contributed by atoms with E-state index < -0.39 is 0 Å². The minimum Gasteiger partial charge on any atom is -0.393 e. The number of fused-ring (bicyclic) bond motifs is 5. The number of alkyl halides is 1. The molecule has 0 aromatic carbocycles. The largest absolute Gasteiger partial charge is 0.393 e. The number of ketones is 1. The number of hydrogen-bond acceptors (Lipinski definition) is 2. The Bertz CT molecular complexity index is 492.